The van der Waals surface area contributed by atoms with Crippen molar-refractivity contribution in [1.82, 2.24) is 5.32 Å². The Morgan fingerprint density at radius 1 is 0.973 bits per heavy atom. The minimum atomic E-state index is 0.0346. The van der Waals surface area contributed by atoms with E-state index in [0.717, 1.165) is 41.5 Å². The molecule has 2 aliphatic rings. The van der Waals surface area contributed by atoms with Gasteiger partial charge < -0.3 is 10.4 Å². The number of rotatable bonds is 8. The van der Waals surface area contributed by atoms with Crippen molar-refractivity contribution in [3.8, 4) is 16.9 Å². The second-order valence-electron chi connectivity index (χ2n) is 9.68. The molecule has 1 aliphatic heterocycles. The lowest BCUT2D eigenvalue weighted by Crippen LogP contribution is -2.26. The van der Waals surface area contributed by atoms with Crippen LogP contribution >= 0.6 is 0 Å². The summed E-state index contributed by atoms with van der Waals surface area (Å²) in [4.78, 5) is 17.4. The fourth-order valence-electron chi connectivity index (χ4n) is 5.05. The topological polar surface area (TPSA) is 61.7 Å². The van der Waals surface area contributed by atoms with Crippen molar-refractivity contribution >= 4 is 17.7 Å². The van der Waals surface area contributed by atoms with Crippen LogP contribution in [-0.4, -0.2) is 29.8 Å². The van der Waals surface area contributed by atoms with E-state index in [1.165, 1.54) is 22.3 Å². The summed E-state index contributed by atoms with van der Waals surface area (Å²) in [6.45, 7) is 2.73. The number of para-hydroxylation sites is 1. The average molecular weight is 489 g/mol. The molecular weight excluding hydrogens is 456 g/mol. The van der Waals surface area contributed by atoms with Crippen LogP contribution in [0.3, 0.4) is 0 Å². The third-order valence-electron chi connectivity index (χ3n) is 7.09. The van der Waals surface area contributed by atoms with Crippen LogP contribution in [0.1, 0.15) is 37.3 Å². The van der Waals surface area contributed by atoms with Gasteiger partial charge in [-0.3, -0.25) is 9.79 Å². The molecule has 3 aromatic carbocycles. The lowest BCUT2D eigenvalue weighted by molar-refractivity contribution is -0.120. The molecule has 0 fully saturated rings. The summed E-state index contributed by atoms with van der Waals surface area (Å²) in [5.74, 6) is 0.321. The van der Waals surface area contributed by atoms with Gasteiger partial charge in [0.1, 0.15) is 5.75 Å². The van der Waals surface area contributed by atoms with Gasteiger partial charge in [-0.05, 0) is 71.2 Å². The maximum atomic E-state index is 12.6. The summed E-state index contributed by atoms with van der Waals surface area (Å²) in [5.41, 5.74) is 8.96. The maximum absolute atomic E-state index is 12.6. The van der Waals surface area contributed by atoms with Gasteiger partial charge in [-0.1, -0.05) is 84.9 Å². The van der Waals surface area contributed by atoms with Gasteiger partial charge in [-0.25, -0.2) is 0 Å². The van der Waals surface area contributed by atoms with Crippen molar-refractivity contribution in [1.29, 1.82) is 0 Å². The Balaban J connectivity index is 1.18. The summed E-state index contributed by atoms with van der Waals surface area (Å²) in [6.07, 6.45) is 9.19. The summed E-state index contributed by atoms with van der Waals surface area (Å²) >= 11 is 0. The van der Waals surface area contributed by atoms with Crippen molar-refractivity contribution in [3.05, 3.63) is 119 Å². The smallest absolute Gasteiger partial charge is 0.224 e. The van der Waals surface area contributed by atoms with Crippen molar-refractivity contribution < 1.29 is 9.90 Å². The number of aromatic hydroxyl groups is 1. The Morgan fingerprint density at radius 2 is 1.70 bits per heavy atom. The molecule has 2 N–H and O–H groups in total. The Kier molecular flexibility index (Phi) is 7.46. The molecule has 3 aromatic rings. The number of phenolic OH excluding ortho intramolecular Hbond substituents is 1. The van der Waals surface area contributed by atoms with Gasteiger partial charge in [-0.2, -0.15) is 0 Å². The van der Waals surface area contributed by atoms with Gasteiger partial charge in [0.25, 0.3) is 0 Å². The van der Waals surface area contributed by atoms with E-state index in [0.29, 0.717) is 13.0 Å². The molecule has 1 aliphatic carbocycles. The van der Waals surface area contributed by atoms with Crippen LogP contribution < -0.4 is 5.32 Å². The summed E-state index contributed by atoms with van der Waals surface area (Å²) in [5, 5.41) is 13.5. The van der Waals surface area contributed by atoms with Crippen LogP contribution in [0.2, 0.25) is 0 Å². The number of hydrogen-bond donors (Lipinski definition) is 2. The number of benzene rings is 3. The zero-order valence-electron chi connectivity index (χ0n) is 21.2. The molecule has 0 bridgehead atoms. The van der Waals surface area contributed by atoms with Crippen LogP contribution in [0, 0.1) is 0 Å². The van der Waals surface area contributed by atoms with E-state index in [9.17, 15) is 9.90 Å². The second-order valence-corrected chi connectivity index (χ2v) is 9.68. The van der Waals surface area contributed by atoms with Crippen molar-refractivity contribution in [2.75, 3.05) is 6.54 Å². The number of nitrogens with one attached hydrogen (secondary N) is 1. The molecule has 1 unspecified atom stereocenters. The van der Waals surface area contributed by atoms with Crippen molar-refractivity contribution in [2.45, 2.75) is 38.6 Å². The lowest BCUT2D eigenvalue weighted by atomic mass is 9.93. The minimum absolute atomic E-state index is 0.0346. The first-order valence-electron chi connectivity index (χ1n) is 12.9. The average Bonchev–Trinajstić information content (AvgIpc) is 3.18. The van der Waals surface area contributed by atoms with Gasteiger partial charge in [0.05, 0.1) is 12.5 Å². The molecular formula is C33H32N2O2. The quantitative estimate of drug-likeness (QED) is 0.347. The van der Waals surface area contributed by atoms with E-state index in [-0.39, 0.29) is 17.7 Å². The molecule has 0 aromatic heterocycles. The van der Waals surface area contributed by atoms with Crippen LogP contribution in [0.4, 0.5) is 0 Å². The highest BCUT2D eigenvalue weighted by molar-refractivity contribution is 5.86. The molecule has 5 rings (SSSR count). The number of amides is 1. The molecule has 37 heavy (non-hydrogen) atoms. The third-order valence-corrected chi connectivity index (χ3v) is 7.09. The molecule has 4 heteroatoms. The zero-order chi connectivity index (χ0) is 25.6. The highest BCUT2D eigenvalue weighted by Crippen LogP contribution is 2.37. The molecule has 0 spiro atoms. The van der Waals surface area contributed by atoms with E-state index >= 15 is 0 Å². The SMILES string of the molecule is CC1=C2CC=C(c3ccccc3O)C=C(CCCNC(=O)Cc3ccc(-c4ccccc4)cc3)C2N=C1. The molecule has 1 atom stereocenters. The van der Waals surface area contributed by atoms with Crippen LogP contribution in [0.15, 0.2) is 113 Å². The van der Waals surface area contributed by atoms with E-state index in [4.69, 9.17) is 4.99 Å². The Bertz CT molecular complexity index is 1400. The highest BCUT2D eigenvalue weighted by atomic mass is 16.3. The Hall–Kier alpha value is -4.18. The minimum Gasteiger partial charge on any atom is -0.507 e. The maximum Gasteiger partial charge on any atom is 0.224 e. The number of carbonyl (C=O) groups excluding carboxylic acids is 1. The normalized spacial score (nSPS) is 16.6. The number of nitrogens with zero attached hydrogens (tertiary/aromatic N) is 1. The molecule has 0 radical (unpaired) electrons. The van der Waals surface area contributed by atoms with Crippen molar-refractivity contribution in [2.24, 2.45) is 4.99 Å². The Morgan fingerprint density at radius 3 is 2.49 bits per heavy atom. The fourth-order valence-corrected chi connectivity index (χ4v) is 5.05. The molecule has 0 saturated heterocycles. The standard InChI is InChI=1S/C33H32N2O2/c1-23-22-35-33-28(21-27(17-18-29(23)33)30-11-5-6-12-31(30)36)10-7-19-34-32(37)20-24-13-15-26(16-14-24)25-8-3-2-4-9-25/h2-6,8-9,11-17,21-22,33,36H,7,10,18-20H2,1H3,(H,34,37). The summed E-state index contributed by atoms with van der Waals surface area (Å²) in [6, 6.07) is 26.0. The number of aliphatic imine (C=N–C) groups is 1. The Labute approximate surface area is 218 Å². The van der Waals surface area contributed by atoms with Crippen LogP contribution in [0.25, 0.3) is 16.7 Å². The van der Waals surface area contributed by atoms with Gasteiger partial charge >= 0.3 is 0 Å². The number of carbonyl (C=O) groups is 1. The molecule has 4 nitrogen and oxygen atoms in total. The van der Waals surface area contributed by atoms with E-state index in [1.807, 2.05) is 54.7 Å². The molecule has 0 saturated carbocycles. The zero-order valence-corrected chi connectivity index (χ0v) is 21.2. The first kappa shape index (κ1) is 24.5. The van der Waals surface area contributed by atoms with E-state index in [1.54, 1.807) is 6.07 Å². The van der Waals surface area contributed by atoms with Crippen molar-refractivity contribution in [3.63, 3.8) is 0 Å². The monoisotopic (exact) mass is 488 g/mol. The van der Waals surface area contributed by atoms with Gasteiger partial charge in [0.15, 0.2) is 0 Å². The molecule has 186 valence electrons. The third kappa shape index (κ3) is 5.80. The van der Waals surface area contributed by atoms with E-state index in [2.05, 4.69) is 48.7 Å². The molecule has 1 heterocycles. The van der Waals surface area contributed by atoms with Gasteiger partial charge in [0.2, 0.25) is 5.91 Å². The number of phenols is 1. The van der Waals surface area contributed by atoms with Gasteiger partial charge in [-0.15, -0.1) is 0 Å². The lowest BCUT2D eigenvalue weighted by Gasteiger charge is -2.16. The van der Waals surface area contributed by atoms with E-state index < -0.39 is 0 Å². The first-order chi connectivity index (χ1) is 18.1. The van der Waals surface area contributed by atoms with Gasteiger partial charge in [0, 0.05) is 18.3 Å². The predicted molar refractivity (Wildman–Crippen MR) is 152 cm³/mol. The van der Waals surface area contributed by atoms with Crippen LogP contribution in [0.5, 0.6) is 5.75 Å². The van der Waals surface area contributed by atoms with Crippen LogP contribution in [-0.2, 0) is 11.2 Å². The number of allylic oxidation sites excluding steroid dienone is 4. The summed E-state index contributed by atoms with van der Waals surface area (Å²) < 4.78 is 0. The fraction of sp³-hybridized carbons (Fsp3) is 0.212. The highest BCUT2D eigenvalue weighted by Gasteiger charge is 2.25. The first-order valence-corrected chi connectivity index (χ1v) is 12.9. The number of fused-ring (bicyclic) bond motifs is 1. The summed E-state index contributed by atoms with van der Waals surface area (Å²) in [7, 11) is 0. The predicted octanol–water partition coefficient (Wildman–Crippen LogP) is 6.68. The second kappa shape index (κ2) is 11.3. The number of hydrogen-bond acceptors (Lipinski definition) is 3. The largest absolute Gasteiger partial charge is 0.507 e. The molecule has 1 amide bonds.